The third-order valence-electron chi connectivity index (χ3n) is 7.28. The van der Waals surface area contributed by atoms with E-state index in [4.69, 9.17) is 9.97 Å². The highest BCUT2D eigenvalue weighted by molar-refractivity contribution is 5.76. The van der Waals surface area contributed by atoms with E-state index in [0.717, 1.165) is 55.0 Å². The molecule has 0 aliphatic carbocycles. The summed E-state index contributed by atoms with van der Waals surface area (Å²) < 4.78 is 2.29. The van der Waals surface area contributed by atoms with E-state index in [9.17, 15) is 0 Å². The first-order valence-electron chi connectivity index (χ1n) is 13.2. The molecule has 0 bridgehead atoms. The quantitative estimate of drug-likeness (QED) is 0.331. The Bertz CT molecular complexity index is 1600. The number of rotatable bonds is 7. The van der Waals surface area contributed by atoms with Gasteiger partial charge in [0.1, 0.15) is 11.3 Å². The summed E-state index contributed by atoms with van der Waals surface area (Å²) >= 11 is 0. The van der Waals surface area contributed by atoms with Gasteiger partial charge in [0.2, 0.25) is 0 Å². The molecule has 0 spiro atoms. The van der Waals surface area contributed by atoms with Gasteiger partial charge in [0.05, 0.1) is 13.1 Å². The minimum Gasteiger partial charge on any atom is -0.355 e. The lowest BCUT2D eigenvalue weighted by molar-refractivity contribution is 0.310. The van der Waals surface area contributed by atoms with Gasteiger partial charge in [-0.25, -0.2) is 9.97 Å². The van der Waals surface area contributed by atoms with Crippen LogP contribution in [0.15, 0.2) is 42.5 Å². The minimum absolute atomic E-state index is 0.653. The molecule has 9 nitrogen and oxygen atoms in total. The maximum absolute atomic E-state index is 4.92. The summed E-state index contributed by atoms with van der Waals surface area (Å²) in [6.45, 7) is 8.59. The third-order valence-corrected chi connectivity index (χ3v) is 7.28. The van der Waals surface area contributed by atoms with Gasteiger partial charge in [-0.3, -0.25) is 4.90 Å². The summed E-state index contributed by atoms with van der Waals surface area (Å²) in [5, 5.41) is 18.0. The van der Waals surface area contributed by atoms with Crippen LogP contribution < -0.4 is 5.32 Å². The van der Waals surface area contributed by atoms with Crippen LogP contribution in [0.3, 0.4) is 0 Å². The fraction of sp³-hybridized carbons (Fsp3) is 0.345. The van der Waals surface area contributed by atoms with E-state index >= 15 is 0 Å². The molecule has 1 aliphatic heterocycles. The molecule has 4 heterocycles. The van der Waals surface area contributed by atoms with Crippen LogP contribution in [0.1, 0.15) is 52.1 Å². The summed E-state index contributed by atoms with van der Waals surface area (Å²) in [6.07, 6.45) is 2.87. The molecular formula is C29H33N9. The lowest BCUT2D eigenvalue weighted by atomic mass is 10.0. The number of nitrogens with one attached hydrogen (secondary N) is 2. The topological polar surface area (TPSA) is 100 Å². The molecule has 0 saturated carbocycles. The average Bonchev–Trinajstić information content (AvgIpc) is 3.48. The molecule has 2 aromatic carbocycles. The molecule has 5 aromatic rings. The van der Waals surface area contributed by atoms with Crippen molar-refractivity contribution in [3.8, 4) is 0 Å². The molecule has 0 amide bonds. The monoisotopic (exact) mass is 507 g/mol. The van der Waals surface area contributed by atoms with Gasteiger partial charge in [0, 0.05) is 30.0 Å². The highest BCUT2D eigenvalue weighted by atomic mass is 15.5. The molecule has 38 heavy (non-hydrogen) atoms. The molecule has 0 saturated heterocycles. The van der Waals surface area contributed by atoms with Crippen molar-refractivity contribution in [2.45, 2.75) is 59.7 Å². The number of aromatic amines is 1. The fourth-order valence-corrected chi connectivity index (χ4v) is 5.49. The summed E-state index contributed by atoms with van der Waals surface area (Å²) in [5.41, 5.74) is 11.8. The Morgan fingerprint density at radius 3 is 2.37 bits per heavy atom. The zero-order valence-corrected chi connectivity index (χ0v) is 22.4. The minimum atomic E-state index is 0.653. The van der Waals surface area contributed by atoms with Gasteiger partial charge in [0.25, 0.3) is 0 Å². The van der Waals surface area contributed by atoms with Crippen LogP contribution in [0, 0.1) is 13.8 Å². The van der Waals surface area contributed by atoms with E-state index in [2.05, 4.69) is 106 Å². The van der Waals surface area contributed by atoms with E-state index in [1.165, 1.54) is 39.2 Å². The van der Waals surface area contributed by atoms with E-state index in [0.29, 0.717) is 12.4 Å². The van der Waals surface area contributed by atoms with E-state index < -0.39 is 0 Å². The van der Waals surface area contributed by atoms with Crippen LogP contribution in [-0.2, 0) is 38.9 Å². The maximum atomic E-state index is 4.92. The van der Waals surface area contributed by atoms with Crippen LogP contribution in [0.4, 0.5) is 11.4 Å². The Hall–Kier alpha value is -4.11. The maximum Gasteiger partial charge on any atom is 0.188 e. The van der Waals surface area contributed by atoms with Crippen molar-refractivity contribution < 1.29 is 0 Å². The van der Waals surface area contributed by atoms with Crippen LogP contribution in [-0.4, -0.2) is 47.1 Å². The number of pyridine rings is 1. The van der Waals surface area contributed by atoms with Gasteiger partial charge in [0.15, 0.2) is 11.5 Å². The number of hydrogen-bond acceptors (Lipinski definition) is 7. The number of anilines is 2. The summed E-state index contributed by atoms with van der Waals surface area (Å²) in [4.78, 5) is 12.0. The molecular weight excluding hydrogens is 474 g/mol. The van der Waals surface area contributed by atoms with E-state index in [-0.39, 0.29) is 0 Å². The second-order valence-corrected chi connectivity index (χ2v) is 10.3. The SMILES string of the molecule is CCc1nc2c(C)cc(C)nc2n1Cc1ccc2c(c1)CCc1cc(CN(C)Cc3nn[nH]n3)ccc1N2. The second-order valence-electron chi connectivity index (χ2n) is 10.3. The Labute approximate surface area is 222 Å². The van der Waals surface area contributed by atoms with E-state index in [1.807, 2.05) is 0 Å². The number of benzene rings is 2. The van der Waals surface area contributed by atoms with Gasteiger partial charge in [-0.2, -0.15) is 5.21 Å². The number of fused-ring (bicyclic) bond motifs is 3. The Morgan fingerprint density at radius 2 is 1.66 bits per heavy atom. The van der Waals surface area contributed by atoms with Crippen molar-refractivity contribution in [1.82, 2.24) is 40.1 Å². The van der Waals surface area contributed by atoms with Crippen LogP contribution in [0.2, 0.25) is 0 Å². The molecule has 0 atom stereocenters. The smallest absolute Gasteiger partial charge is 0.188 e. The van der Waals surface area contributed by atoms with Crippen molar-refractivity contribution in [3.63, 3.8) is 0 Å². The van der Waals surface area contributed by atoms with Gasteiger partial charge in [-0.05, 0) is 79.8 Å². The van der Waals surface area contributed by atoms with Gasteiger partial charge >= 0.3 is 0 Å². The normalized spacial score (nSPS) is 12.9. The summed E-state index contributed by atoms with van der Waals surface area (Å²) in [6, 6.07) is 15.6. The Balaban J connectivity index is 1.21. The number of aromatic nitrogens is 7. The molecule has 2 N–H and O–H groups in total. The first-order chi connectivity index (χ1) is 18.5. The standard InChI is InChI=1S/C29H33N9/c1-5-27-32-28-18(2)12-19(3)30-29(28)38(27)16-21-7-11-25-23(14-21)9-8-22-13-20(6-10-24(22)31-25)15-37(4)17-26-33-35-36-34-26/h6-7,10-14,31H,5,8-9,15-17H2,1-4H3,(H,33,34,35,36). The Kier molecular flexibility index (Phi) is 6.37. The summed E-state index contributed by atoms with van der Waals surface area (Å²) in [5.74, 6) is 1.78. The predicted octanol–water partition coefficient (Wildman–Crippen LogP) is 4.65. The predicted molar refractivity (Wildman–Crippen MR) is 148 cm³/mol. The van der Waals surface area contributed by atoms with Crippen molar-refractivity contribution in [2.24, 2.45) is 0 Å². The number of aryl methyl sites for hydroxylation is 5. The molecule has 0 unspecified atom stereocenters. The van der Waals surface area contributed by atoms with Crippen LogP contribution >= 0.6 is 0 Å². The highest BCUT2D eigenvalue weighted by Gasteiger charge is 2.17. The molecule has 194 valence electrons. The number of nitrogens with zero attached hydrogens (tertiary/aromatic N) is 7. The zero-order chi connectivity index (χ0) is 26.2. The first-order valence-corrected chi connectivity index (χ1v) is 13.2. The van der Waals surface area contributed by atoms with Crippen LogP contribution in [0.5, 0.6) is 0 Å². The number of imidazole rings is 1. The van der Waals surface area contributed by atoms with Crippen molar-refractivity contribution in [2.75, 3.05) is 12.4 Å². The summed E-state index contributed by atoms with van der Waals surface area (Å²) in [7, 11) is 2.07. The molecule has 0 radical (unpaired) electrons. The highest BCUT2D eigenvalue weighted by Crippen LogP contribution is 2.32. The largest absolute Gasteiger partial charge is 0.355 e. The first kappa shape index (κ1) is 24.2. The van der Waals surface area contributed by atoms with E-state index in [1.54, 1.807) is 0 Å². The molecule has 0 fully saturated rings. The third kappa shape index (κ3) is 4.77. The molecule has 1 aliphatic rings. The van der Waals surface area contributed by atoms with Crippen molar-refractivity contribution in [1.29, 1.82) is 0 Å². The molecule has 9 heteroatoms. The van der Waals surface area contributed by atoms with Crippen LogP contribution in [0.25, 0.3) is 11.2 Å². The molecule has 3 aromatic heterocycles. The van der Waals surface area contributed by atoms with Gasteiger partial charge in [-0.15, -0.1) is 10.2 Å². The van der Waals surface area contributed by atoms with Crippen molar-refractivity contribution >= 4 is 22.5 Å². The number of tetrazole rings is 1. The number of H-pyrrole nitrogens is 1. The molecule has 6 rings (SSSR count). The zero-order valence-electron chi connectivity index (χ0n) is 22.4. The lowest BCUT2D eigenvalue weighted by Gasteiger charge is -2.16. The van der Waals surface area contributed by atoms with Gasteiger partial charge < -0.3 is 9.88 Å². The second kappa shape index (κ2) is 9.98. The number of hydrogen-bond donors (Lipinski definition) is 2. The average molecular weight is 508 g/mol. The Morgan fingerprint density at radius 1 is 0.921 bits per heavy atom. The van der Waals surface area contributed by atoms with Crippen molar-refractivity contribution in [3.05, 3.63) is 87.6 Å². The lowest BCUT2D eigenvalue weighted by Crippen LogP contribution is -2.18. The fourth-order valence-electron chi connectivity index (χ4n) is 5.49. The van der Waals surface area contributed by atoms with Gasteiger partial charge in [-0.1, -0.05) is 36.4 Å².